The Morgan fingerprint density at radius 3 is 1.21 bits per heavy atom. The average Bonchev–Trinajstić information content (AvgIpc) is 2.84. The van der Waals surface area contributed by atoms with E-state index in [0.717, 1.165) is 71.0 Å². The van der Waals surface area contributed by atoms with Crippen molar-refractivity contribution in [1.29, 1.82) is 0 Å². The minimum atomic E-state index is -1.88. The van der Waals surface area contributed by atoms with Gasteiger partial charge in [-0.05, 0) is 44.6 Å². The zero-order valence-electron chi connectivity index (χ0n) is 22.9. The van der Waals surface area contributed by atoms with Gasteiger partial charge in [-0.25, -0.2) is 0 Å². The van der Waals surface area contributed by atoms with Gasteiger partial charge >= 0.3 is 17.1 Å². The zero-order valence-corrected chi connectivity index (χ0v) is 24.9. The molecule has 0 aliphatic heterocycles. The van der Waals surface area contributed by atoms with Crippen molar-refractivity contribution >= 4 is 17.1 Å². The first-order valence-corrected chi connectivity index (χ1v) is 18.0. The molecule has 0 heterocycles. The highest BCUT2D eigenvalue weighted by atomic mass is 28.4. The number of likely N-dealkylation sites (N-methyl/N-ethyl adjacent to an activating group) is 1. The fourth-order valence-electron chi connectivity index (χ4n) is 3.60. The van der Waals surface area contributed by atoms with Gasteiger partial charge in [0.2, 0.25) is 0 Å². The van der Waals surface area contributed by atoms with Crippen molar-refractivity contribution in [2.75, 3.05) is 74.5 Å². The molecule has 0 unspecified atom stereocenters. The standard InChI is InChI=1S/C24H55NO6Si2/c1-8-25(17-21-30-19-13-9-11-15-23-32(6,26-2)27-3)18-22-31-20-14-10-12-16-24-33(7,28-4)29-5/h8-24H2,1-7H3. The second-order valence-corrected chi connectivity index (χ2v) is 16.2. The second-order valence-electron chi connectivity index (χ2n) is 9.07. The Labute approximate surface area is 207 Å². The highest BCUT2D eigenvalue weighted by Gasteiger charge is 2.28. The van der Waals surface area contributed by atoms with Crippen LogP contribution in [0, 0.1) is 0 Å². The van der Waals surface area contributed by atoms with Crippen LogP contribution in [0.5, 0.6) is 0 Å². The van der Waals surface area contributed by atoms with E-state index < -0.39 is 17.1 Å². The molecule has 0 N–H and O–H groups in total. The van der Waals surface area contributed by atoms with Gasteiger partial charge in [-0.15, -0.1) is 0 Å². The summed E-state index contributed by atoms with van der Waals surface area (Å²) in [6.07, 6.45) is 9.48. The Morgan fingerprint density at radius 2 is 0.879 bits per heavy atom. The second kappa shape index (κ2) is 21.4. The monoisotopic (exact) mass is 509 g/mol. The first-order chi connectivity index (χ1) is 15.9. The van der Waals surface area contributed by atoms with Gasteiger partial charge in [0.15, 0.2) is 0 Å². The lowest BCUT2D eigenvalue weighted by Crippen LogP contribution is -2.35. The Balaban J connectivity index is 3.51. The van der Waals surface area contributed by atoms with Gasteiger partial charge in [-0.1, -0.05) is 45.4 Å². The van der Waals surface area contributed by atoms with Crippen LogP contribution in [-0.2, 0) is 27.2 Å². The van der Waals surface area contributed by atoms with Crippen molar-refractivity contribution < 1.29 is 27.2 Å². The lowest BCUT2D eigenvalue weighted by molar-refractivity contribution is 0.0741. The highest BCUT2D eigenvalue weighted by Crippen LogP contribution is 2.17. The first kappa shape index (κ1) is 33.2. The zero-order chi connectivity index (χ0) is 24.8. The SMILES string of the molecule is CCN(CCOCCCCCC[Si](C)(OC)OC)CCOCCCCCC[Si](C)(OC)OC. The summed E-state index contributed by atoms with van der Waals surface area (Å²) in [7, 11) is 3.29. The maximum Gasteiger partial charge on any atom is 0.334 e. The lowest BCUT2D eigenvalue weighted by atomic mass is 10.2. The Bertz CT molecular complexity index is 390. The summed E-state index contributed by atoms with van der Waals surface area (Å²) in [5.74, 6) is 0. The van der Waals surface area contributed by atoms with E-state index in [0.29, 0.717) is 0 Å². The molecule has 0 aromatic rings. The van der Waals surface area contributed by atoms with Crippen LogP contribution in [0.2, 0.25) is 25.2 Å². The molecule has 0 bridgehead atoms. The van der Waals surface area contributed by atoms with Gasteiger partial charge in [0.25, 0.3) is 0 Å². The van der Waals surface area contributed by atoms with Gasteiger partial charge in [0.05, 0.1) is 13.2 Å². The maximum absolute atomic E-state index is 5.84. The summed E-state index contributed by atoms with van der Waals surface area (Å²) in [6, 6.07) is 2.14. The normalized spacial score (nSPS) is 12.7. The number of rotatable bonds is 25. The van der Waals surface area contributed by atoms with Crippen molar-refractivity contribution in [2.45, 2.75) is 83.5 Å². The largest absolute Gasteiger partial charge is 0.398 e. The fraction of sp³-hybridized carbons (Fsp3) is 1.00. The third kappa shape index (κ3) is 18.1. The van der Waals surface area contributed by atoms with Crippen molar-refractivity contribution in [3.05, 3.63) is 0 Å². The van der Waals surface area contributed by atoms with Gasteiger partial charge in [-0.2, -0.15) is 0 Å². The number of unbranched alkanes of at least 4 members (excludes halogenated alkanes) is 6. The van der Waals surface area contributed by atoms with Crippen LogP contribution in [0.4, 0.5) is 0 Å². The molecule has 0 saturated carbocycles. The minimum absolute atomic E-state index is 0.803. The Hall–Kier alpha value is 0.154. The van der Waals surface area contributed by atoms with Gasteiger partial charge in [-0.3, -0.25) is 4.90 Å². The van der Waals surface area contributed by atoms with Crippen LogP contribution in [0.15, 0.2) is 0 Å². The molecule has 200 valence electrons. The Kier molecular flexibility index (Phi) is 21.5. The predicted octanol–water partition coefficient (Wildman–Crippen LogP) is 5.19. The third-order valence-electron chi connectivity index (χ3n) is 6.62. The number of nitrogens with zero attached hydrogens (tertiary/aromatic N) is 1. The number of hydrogen-bond acceptors (Lipinski definition) is 7. The quantitative estimate of drug-likeness (QED) is 0.124. The van der Waals surface area contributed by atoms with Crippen molar-refractivity contribution in [3.63, 3.8) is 0 Å². The Morgan fingerprint density at radius 1 is 0.515 bits per heavy atom. The molecule has 0 amide bonds. The van der Waals surface area contributed by atoms with Crippen LogP contribution >= 0.6 is 0 Å². The van der Waals surface area contributed by atoms with E-state index in [1.54, 1.807) is 28.4 Å². The predicted molar refractivity (Wildman–Crippen MR) is 142 cm³/mol. The van der Waals surface area contributed by atoms with Crippen LogP contribution in [-0.4, -0.2) is 96.5 Å². The highest BCUT2D eigenvalue weighted by molar-refractivity contribution is 6.66. The lowest BCUT2D eigenvalue weighted by Gasteiger charge is -2.22. The van der Waals surface area contributed by atoms with E-state index in [1.165, 1.54) is 38.5 Å². The van der Waals surface area contributed by atoms with Crippen LogP contribution in [0.3, 0.4) is 0 Å². The summed E-state index contributed by atoms with van der Waals surface area (Å²) < 4.78 is 33.8. The molecular weight excluding hydrogens is 454 g/mol. The third-order valence-corrected chi connectivity index (χ3v) is 12.6. The van der Waals surface area contributed by atoms with E-state index in [1.807, 2.05) is 0 Å². The van der Waals surface area contributed by atoms with Crippen LogP contribution in [0.1, 0.15) is 58.3 Å². The number of ether oxygens (including phenoxy) is 2. The van der Waals surface area contributed by atoms with Gasteiger partial charge in [0, 0.05) is 54.7 Å². The van der Waals surface area contributed by atoms with E-state index in [4.69, 9.17) is 27.2 Å². The molecule has 33 heavy (non-hydrogen) atoms. The smallest absolute Gasteiger partial charge is 0.334 e. The molecule has 0 radical (unpaired) electrons. The summed E-state index contributed by atoms with van der Waals surface area (Å²) in [6.45, 7) is 12.8. The van der Waals surface area contributed by atoms with Crippen molar-refractivity contribution in [2.24, 2.45) is 0 Å². The molecule has 0 fully saturated rings. The fourth-order valence-corrected chi connectivity index (χ4v) is 6.54. The average molecular weight is 510 g/mol. The molecular formula is C24H55NO6Si2. The summed E-state index contributed by atoms with van der Waals surface area (Å²) in [4.78, 5) is 2.40. The molecule has 0 aliphatic carbocycles. The number of hydrogen-bond donors (Lipinski definition) is 0. The van der Waals surface area contributed by atoms with Gasteiger partial charge < -0.3 is 27.2 Å². The molecule has 0 aliphatic rings. The summed E-state index contributed by atoms with van der Waals surface area (Å²) >= 11 is 0. The molecule has 0 spiro atoms. The molecule has 0 aromatic heterocycles. The molecule has 0 rings (SSSR count). The van der Waals surface area contributed by atoms with Crippen LogP contribution in [0.25, 0.3) is 0 Å². The molecule has 0 saturated heterocycles. The summed E-state index contributed by atoms with van der Waals surface area (Å²) in [5, 5.41) is 0. The van der Waals surface area contributed by atoms with Crippen molar-refractivity contribution in [1.82, 2.24) is 4.90 Å². The van der Waals surface area contributed by atoms with Crippen molar-refractivity contribution in [3.8, 4) is 0 Å². The topological polar surface area (TPSA) is 58.6 Å². The van der Waals surface area contributed by atoms with E-state index >= 15 is 0 Å². The molecule has 0 aromatic carbocycles. The van der Waals surface area contributed by atoms with E-state index in [9.17, 15) is 0 Å². The molecule has 7 nitrogen and oxygen atoms in total. The van der Waals surface area contributed by atoms with E-state index in [2.05, 4.69) is 24.9 Å². The van der Waals surface area contributed by atoms with Gasteiger partial charge in [0.1, 0.15) is 0 Å². The first-order valence-electron chi connectivity index (χ1n) is 13.0. The molecule has 9 heteroatoms. The minimum Gasteiger partial charge on any atom is -0.398 e. The maximum atomic E-state index is 5.84. The summed E-state index contributed by atoms with van der Waals surface area (Å²) in [5.41, 5.74) is 0. The van der Waals surface area contributed by atoms with Crippen LogP contribution < -0.4 is 0 Å². The van der Waals surface area contributed by atoms with E-state index in [-0.39, 0.29) is 0 Å². The molecule has 0 atom stereocenters.